The van der Waals surface area contributed by atoms with E-state index in [9.17, 15) is 43.2 Å². The van der Waals surface area contributed by atoms with E-state index in [1.54, 1.807) is 0 Å². The van der Waals surface area contributed by atoms with Crippen molar-refractivity contribution < 1.29 is 80.2 Å². The summed E-state index contributed by atoms with van der Waals surface area (Å²) in [7, 11) is -10.0. The van der Waals surface area contributed by atoms with Crippen molar-refractivity contribution in [2.45, 2.75) is 341 Å². The van der Waals surface area contributed by atoms with E-state index in [1.807, 2.05) is 36.5 Å². The summed E-state index contributed by atoms with van der Waals surface area (Å²) < 4.78 is 68.5. The van der Waals surface area contributed by atoms with Crippen LogP contribution in [-0.2, 0) is 65.4 Å². The fourth-order valence-corrected chi connectivity index (χ4v) is 12.2. The summed E-state index contributed by atoms with van der Waals surface area (Å²) >= 11 is 0. The van der Waals surface area contributed by atoms with Crippen molar-refractivity contribution in [3.63, 3.8) is 0 Å². The van der Waals surface area contributed by atoms with Crippen LogP contribution < -0.4 is 0 Å². The number of allylic oxidation sites excluding steroid dienone is 26. The molecule has 0 spiro atoms. The molecule has 2 unspecified atom stereocenters. The minimum Gasteiger partial charge on any atom is -0.462 e. The topological polar surface area (TPSA) is 237 Å². The van der Waals surface area contributed by atoms with E-state index in [-0.39, 0.29) is 25.7 Å². The van der Waals surface area contributed by atoms with Crippen molar-refractivity contribution in [3.05, 3.63) is 158 Å². The Hall–Kier alpha value is -5.32. The lowest BCUT2D eigenvalue weighted by Gasteiger charge is -2.21. The predicted molar refractivity (Wildman–Crippen MR) is 445 cm³/mol. The Morgan fingerprint density at radius 2 is 0.500 bits per heavy atom. The monoisotopic (exact) mass is 1550 g/mol. The van der Waals surface area contributed by atoms with E-state index in [1.165, 1.54) is 96.3 Å². The number of rotatable bonds is 77. The highest BCUT2D eigenvalue weighted by atomic mass is 31.2. The average molecular weight is 1550 g/mol. The van der Waals surface area contributed by atoms with E-state index in [4.69, 9.17) is 37.0 Å². The smallest absolute Gasteiger partial charge is 0.462 e. The van der Waals surface area contributed by atoms with Crippen molar-refractivity contribution >= 4 is 39.5 Å². The summed E-state index contributed by atoms with van der Waals surface area (Å²) in [5.74, 6) is -2.39. The van der Waals surface area contributed by atoms with Gasteiger partial charge in [0.25, 0.3) is 0 Å². The van der Waals surface area contributed by atoms with Crippen LogP contribution in [0.25, 0.3) is 0 Å². The number of carbonyl (C=O) groups is 4. The van der Waals surface area contributed by atoms with Crippen LogP contribution in [0.15, 0.2) is 158 Å². The molecule has 0 aromatic rings. The van der Waals surface area contributed by atoms with Crippen molar-refractivity contribution in [2.75, 3.05) is 39.6 Å². The minimum absolute atomic E-state index is 0.0167. The summed E-state index contributed by atoms with van der Waals surface area (Å²) in [4.78, 5) is 73.1. The van der Waals surface area contributed by atoms with Crippen LogP contribution in [0.5, 0.6) is 0 Å². The summed E-state index contributed by atoms with van der Waals surface area (Å²) in [6.07, 6.45) is 93.9. The van der Waals surface area contributed by atoms with Gasteiger partial charge in [-0.05, 0) is 154 Å². The first kappa shape index (κ1) is 103. The Morgan fingerprint density at radius 3 is 0.843 bits per heavy atom. The molecule has 0 saturated heterocycles. The van der Waals surface area contributed by atoms with Gasteiger partial charge >= 0.3 is 39.5 Å². The number of ether oxygens (including phenoxy) is 4. The highest BCUT2D eigenvalue weighted by molar-refractivity contribution is 7.47. The van der Waals surface area contributed by atoms with E-state index in [2.05, 4.69) is 149 Å². The maximum atomic E-state index is 13.1. The first-order valence-electron chi connectivity index (χ1n) is 41.7. The zero-order valence-electron chi connectivity index (χ0n) is 67.5. The Morgan fingerprint density at radius 1 is 0.269 bits per heavy atom. The van der Waals surface area contributed by atoms with Crippen LogP contribution in [-0.4, -0.2) is 96.7 Å². The van der Waals surface area contributed by atoms with Crippen molar-refractivity contribution in [1.29, 1.82) is 0 Å². The number of aliphatic hydroxyl groups excluding tert-OH is 1. The number of hydrogen-bond donors (Lipinski definition) is 3. The molecule has 0 aliphatic carbocycles. The van der Waals surface area contributed by atoms with Crippen LogP contribution in [0.3, 0.4) is 0 Å². The normalized spacial score (nSPS) is 14.6. The second kappa shape index (κ2) is 79.8. The fourth-order valence-electron chi connectivity index (χ4n) is 10.6. The summed E-state index contributed by atoms with van der Waals surface area (Å²) in [6, 6.07) is 0. The zero-order valence-corrected chi connectivity index (χ0v) is 69.3. The fraction of sp³-hybridized carbons (Fsp3) is 0.663. The maximum Gasteiger partial charge on any atom is 0.472 e. The second-order valence-corrected chi connectivity index (χ2v) is 30.2. The SMILES string of the molecule is CC/C=C\C/C=C\C/C=C\C/C=C\C/C=C\C/C=C\CCC(=O)O[C@H](COC(=O)CC/C=C\C/C=C\C/C=C\C/C=C\C/C=C\CCCCC)COP(=O)(O)OC[C@@H](O)COP(=O)(O)OC[C@@H](COC(=O)CCCCCCC/C=C\CCCCCCCC)OC(=O)CCCCCCC/C=C\CCCCCCCC. The van der Waals surface area contributed by atoms with Gasteiger partial charge in [-0.15, -0.1) is 0 Å². The van der Waals surface area contributed by atoms with E-state index < -0.39 is 97.5 Å². The van der Waals surface area contributed by atoms with Gasteiger partial charge in [-0.1, -0.05) is 301 Å². The van der Waals surface area contributed by atoms with Gasteiger partial charge in [-0.3, -0.25) is 37.3 Å². The van der Waals surface area contributed by atoms with Crippen LogP contribution in [0.2, 0.25) is 0 Å². The number of unbranched alkanes of at least 4 members (excludes halogenated alkanes) is 25. The summed E-state index contributed by atoms with van der Waals surface area (Å²) in [6.45, 7) is 4.55. The molecule has 0 rings (SSSR count). The number of phosphoric ester groups is 2. The Balaban J connectivity index is 5.53. The second-order valence-electron chi connectivity index (χ2n) is 27.3. The van der Waals surface area contributed by atoms with Crippen molar-refractivity contribution in [1.82, 2.24) is 0 Å². The Bertz CT molecular complexity index is 2660. The third kappa shape index (κ3) is 78.8. The lowest BCUT2D eigenvalue weighted by atomic mass is 10.1. The van der Waals surface area contributed by atoms with Gasteiger partial charge in [0.2, 0.25) is 0 Å². The molecule has 0 fully saturated rings. The van der Waals surface area contributed by atoms with Crippen LogP contribution >= 0.6 is 15.6 Å². The molecule has 0 bridgehead atoms. The molecule has 0 amide bonds. The molecule has 3 N–H and O–H groups in total. The number of aliphatic hydroxyl groups is 1. The maximum absolute atomic E-state index is 13.1. The van der Waals surface area contributed by atoms with Gasteiger partial charge in [0.15, 0.2) is 12.2 Å². The molecule has 17 nitrogen and oxygen atoms in total. The molecule has 0 aliphatic heterocycles. The standard InChI is InChI=1S/C89H148O17P2/c1-5-9-13-17-21-25-29-33-37-39-41-43-47-50-54-58-62-66-70-74-87(92)100-80-85(106-89(94)76-72-68-64-60-56-52-48-44-42-40-38-34-30-26-22-18-14-10-6-2)82-104-108(97,98)102-78-83(90)77-101-107(95,96)103-81-84(105-88(93)75-71-67-63-59-55-51-46-36-32-28-24-20-16-12-8-4)79-99-86(91)73-69-65-61-57-53-49-45-35-31-27-23-19-15-11-7-3/h10,14,21-22,25-26,33-38,41-46,50,52,54,56,62,64,66,68,83-85,90H,5-9,11-13,15-20,23-24,27-32,39-40,47-49,51,53,55,57-61,63,65,67,69-82H2,1-4H3,(H,95,96)(H,97,98)/b14-10-,25-21-,26-22-,37-33-,38-34-,43-41-,44-42-,45-35-,46-36-,54-50-,56-52-,66-62-,68-64-/t83-,84+,85+/m0/s1. The van der Waals surface area contributed by atoms with Crippen molar-refractivity contribution in [2.24, 2.45) is 0 Å². The lowest BCUT2D eigenvalue weighted by Crippen LogP contribution is -2.30. The van der Waals surface area contributed by atoms with Gasteiger partial charge < -0.3 is 33.8 Å². The Kier molecular flexibility index (Phi) is 75.8. The molecule has 0 saturated carbocycles. The summed E-state index contributed by atoms with van der Waals surface area (Å²) in [5.41, 5.74) is 0. The predicted octanol–water partition coefficient (Wildman–Crippen LogP) is 24.8. The number of esters is 4. The number of carbonyl (C=O) groups excluding carboxylic acids is 4. The van der Waals surface area contributed by atoms with Crippen LogP contribution in [0.4, 0.5) is 0 Å². The minimum atomic E-state index is -5.02. The molecule has 0 aromatic carbocycles. The molecular weight excluding hydrogens is 1400 g/mol. The summed E-state index contributed by atoms with van der Waals surface area (Å²) in [5, 5.41) is 10.7. The van der Waals surface area contributed by atoms with Gasteiger partial charge in [0.05, 0.1) is 26.4 Å². The molecule has 0 heterocycles. The third-order valence-electron chi connectivity index (χ3n) is 17.0. The van der Waals surface area contributed by atoms with E-state index in [0.29, 0.717) is 38.5 Å². The molecule has 616 valence electrons. The van der Waals surface area contributed by atoms with Gasteiger partial charge in [0, 0.05) is 25.7 Å². The third-order valence-corrected chi connectivity index (χ3v) is 18.9. The quantitative estimate of drug-likeness (QED) is 0.0169. The molecule has 19 heteroatoms. The Labute approximate surface area is 655 Å². The van der Waals surface area contributed by atoms with Gasteiger partial charge in [0.1, 0.15) is 19.3 Å². The molecular formula is C89H148O17P2. The zero-order chi connectivity index (χ0) is 78.9. The number of hydrogen-bond acceptors (Lipinski definition) is 15. The number of phosphoric acid groups is 2. The first-order chi connectivity index (χ1) is 52.7. The highest BCUT2D eigenvalue weighted by Gasteiger charge is 2.30. The van der Waals surface area contributed by atoms with E-state index >= 15 is 0 Å². The molecule has 0 aromatic heterocycles. The average Bonchev–Trinajstić information content (AvgIpc) is 0.900. The first-order valence-corrected chi connectivity index (χ1v) is 44.7. The molecule has 5 atom stereocenters. The van der Waals surface area contributed by atoms with Gasteiger partial charge in [-0.2, -0.15) is 0 Å². The van der Waals surface area contributed by atoms with Crippen LogP contribution in [0, 0.1) is 0 Å². The molecule has 108 heavy (non-hydrogen) atoms. The molecule has 0 radical (unpaired) electrons. The van der Waals surface area contributed by atoms with E-state index in [0.717, 1.165) is 135 Å². The van der Waals surface area contributed by atoms with Gasteiger partial charge in [-0.25, -0.2) is 9.13 Å². The van der Waals surface area contributed by atoms with Crippen LogP contribution in [0.1, 0.15) is 323 Å². The highest BCUT2D eigenvalue weighted by Crippen LogP contribution is 2.45. The van der Waals surface area contributed by atoms with Crippen molar-refractivity contribution in [3.8, 4) is 0 Å². The lowest BCUT2D eigenvalue weighted by molar-refractivity contribution is -0.161. The molecule has 0 aliphatic rings. The largest absolute Gasteiger partial charge is 0.472 e.